The third-order valence-corrected chi connectivity index (χ3v) is 9.17. The summed E-state index contributed by atoms with van der Waals surface area (Å²) in [5.41, 5.74) is 0.923. The minimum Gasteiger partial charge on any atom is -0.348 e. The molecule has 0 bridgehead atoms. The zero-order chi connectivity index (χ0) is 24.5. The van der Waals surface area contributed by atoms with Crippen LogP contribution in [0.1, 0.15) is 44.2 Å². The number of hydrogen-bond donors (Lipinski definition) is 1. The second kappa shape index (κ2) is 10.2. The minimum absolute atomic E-state index is 0.112. The molecule has 3 fully saturated rings. The van der Waals surface area contributed by atoms with Crippen molar-refractivity contribution in [2.75, 3.05) is 32.7 Å². The van der Waals surface area contributed by atoms with Crippen molar-refractivity contribution in [1.29, 1.82) is 5.26 Å². The molecule has 1 aromatic carbocycles. The summed E-state index contributed by atoms with van der Waals surface area (Å²) in [4.78, 5) is 28.1. The van der Waals surface area contributed by atoms with E-state index in [1.165, 1.54) is 8.61 Å². The third-order valence-electron chi connectivity index (χ3n) is 6.98. The number of benzene rings is 1. The Kier molecular flexibility index (Phi) is 7.48. The van der Waals surface area contributed by atoms with E-state index < -0.39 is 22.2 Å². The monoisotopic (exact) mass is 507 g/mol. The van der Waals surface area contributed by atoms with Crippen molar-refractivity contribution in [3.05, 3.63) is 34.9 Å². The Bertz CT molecular complexity index is 1070. The Morgan fingerprint density at radius 3 is 2.44 bits per heavy atom. The van der Waals surface area contributed by atoms with Crippen molar-refractivity contribution in [3.63, 3.8) is 0 Å². The second-order valence-electron chi connectivity index (χ2n) is 9.32. The lowest BCUT2D eigenvalue weighted by molar-refractivity contribution is -0.142. The lowest BCUT2D eigenvalue weighted by atomic mass is 9.97. The maximum Gasteiger partial charge on any atom is 0.282 e. The number of nitrogens with zero attached hydrogens (tertiary/aromatic N) is 4. The molecule has 3 saturated heterocycles. The smallest absolute Gasteiger partial charge is 0.282 e. The average Bonchev–Trinajstić information content (AvgIpc) is 3.28. The lowest BCUT2D eigenvalue weighted by Gasteiger charge is -2.41. The van der Waals surface area contributed by atoms with E-state index >= 15 is 0 Å². The fourth-order valence-corrected chi connectivity index (χ4v) is 6.82. The normalized spacial score (nSPS) is 25.4. The van der Waals surface area contributed by atoms with Gasteiger partial charge in [-0.1, -0.05) is 23.7 Å². The number of amides is 2. The molecule has 4 rings (SSSR count). The van der Waals surface area contributed by atoms with E-state index in [1.54, 1.807) is 17.0 Å². The molecule has 1 aromatic rings. The van der Waals surface area contributed by atoms with Gasteiger partial charge in [-0.25, -0.2) is 0 Å². The summed E-state index contributed by atoms with van der Waals surface area (Å²) in [5.74, 6) is -1.10. The first-order valence-corrected chi connectivity index (χ1v) is 13.5. The zero-order valence-corrected chi connectivity index (χ0v) is 20.8. The Balaban J connectivity index is 1.38. The topological polar surface area (TPSA) is 114 Å². The van der Waals surface area contributed by atoms with Gasteiger partial charge < -0.3 is 10.2 Å². The maximum atomic E-state index is 13.4. The van der Waals surface area contributed by atoms with E-state index in [0.29, 0.717) is 37.4 Å². The molecule has 3 atom stereocenters. The minimum atomic E-state index is -3.68. The summed E-state index contributed by atoms with van der Waals surface area (Å²) < 4.78 is 28.5. The molecular formula is C23H30ClN5O4S. The van der Waals surface area contributed by atoms with Crippen LogP contribution < -0.4 is 5.32 Å². The summed E-state index contributed by atoms with van der Waals surface area (Å²) >= 11 is 5.95. The molecule has 3 heterocycles. The quantitative estimate of drug-likeness (QED) is 0.632. The van der Waals surface area contributed by atoms with E-state index in [9.17, 15) is 18.0 Å². The van der Waals surface area contributed by atoms with Crippen LogP contribution in [0.5, 0.6) is 0 Å². The van der Waals surface area contributed by atoms with Gasteiger partial charge in [0.1, 0.15) is 6.04 Å². The Morgan fingerprint density at radius 2 is 1.76 bits per heavy atom. The number of piperidine rings is 1. The van der Waals surface area contributed by atoms with Gasteiger partial charge >= 0.3 is 0 Å². The van der Waals surface area contributed by atoms with Crippen LogP contribution in [0.4, 0.5) is 0 Å². The van der Waals surface area contributed by atoms with E-state index in [-0.39, 0.29) is 43.4 Å². The van der Waals surface area contributed by atoms with Crippen LogP contribution in [0.25, 0.3) is 0 Å². The highest BCUT2D eigenvalue weighted by atomic mass is 35.5. The lowest BCUT2D eigenvalue weighted by Crippen LogP contribution is -2.57. The Labute approximate surface area is 205 Å². The van der Waals surface area contributed by atoms with E-state index in [2.05, 4.69) is 11.4 Å². The molecule has 3 aliphatic heterocycles. The number of halogens is 1. The van der Waals surface area contributed by atoms with Crippen molar-refractivity contribution in [1.82, 2.24) is 18.8 Å². The fraction of sp³-hybridized carbons (Fsp3) is 0.609. The first-order valence-electron chi connectivity index (χ1n) is 11.7. The average molecular weight is 508 g/mol. The van der Waals surface area contributed by atoms with Gasteiger partial charge in [-0.15, -0.1) is 0 Å². The highest BCUT2D eigenvalue weighted by Crippen LogP contribution is 2.29. The van der Waals surface area contributed by atoms with Crippen molar-refractivity contribution in [2.24, 2.45) is 11.8 Å². The predicted molar refractivity (Wildman–Crippen MR) is 127 cm³/mol. The summed E-state index contributed by atoms with van der Waals surface area (Å²) in [6.07, 6.45) is 2.50. The fourth-order valence-electron chi connectivity index (χ4n) is 4.91. The van der Waals surface area contributed by atoms with Gasteiger partial charge in [0.05, 0.1) is 23.9 Å². The molecule has 3 aliphatic rings. The number of nitriles is 1. The molecule has 0 aliphatic carbocycles. The second-order valence-corrected chi connectivity index (χ2v) is 11.7. The van der Waals surface area contributed by atoms with Gasteiger partial charge in [0.15, 0.2) is 0 Å². The number of rotatable bonds is 6. The van der Waals surface area contributed by atoms with Crippen molar-refractivity contribution in [2.45, 2.75) is 44.7 Å². The SMILES string of the molecule is C[C@H](NC(=O)[C@H]1CCCN1C(=O)[C@H]1CCCN(S(=O)(=O)N2CC(C#N)C2)C1)c1ccc(Cl)cc1. The molecule has 11 heteroatoms. The Morgan fingerprint density at radius 1 is 1.09 bits per heavy atom. The largest absolute Gasteiger partial charge is 0.348 e. The third kappa shape index (κ3) is 5.08. The summed E-state index contributed by atoms with van der Waals surface area (Å²) in [6.45, 7) is 3.26. The molecule has 0 aromatic heterocycles. The number of likely N-dealkylation sites (tertiary alicyclic amines) is 1. The number of carbonyl (C=O) groups is 2. The van der Waals surface area contributed by atoms with Gasteiger partial charge in [-0.2, -0.15) is 22.3 Å². The van der Waals surface area contributed by atoms with E-state index in [1.807, 2.05) is 19.1 Å². The van der Waals surface area contributed by atoms with Gasteiger partial charge in [-0.05, 0) is 50.3 Å². The van der Waals surface area contributed by atoms with Gasteiger partial charge in [0, 0.05) is 37.7 Å². The summed E-state index contributed by atoms with van der Waals surface area (Å²) in [6, 6.07) is 8.56. The van der Waals surface area contributed by atoms with Crippen LogP contribution in [0.3, 0.4) is 0 Å². The maximum absolute atomic E-state index is 13.4. The zero-order valence-electron chi connectivity index (χ0n) is 19.2. The summed E-state index contributed by atoms with van der Waals surface area (Å²) in [5, 5.41) is 12.6. The van der Waals surface area contributed by atoms with Gasteiger partial charge in [-0.3, -0.25) is 9.59 Å². The number of hydrogen-bond acceptors (Lipinski definition) is 5. The molecule has 2 amide bonds. The Hall–Kier alpha value is -2.19. The number of nitrogens with one attached hydrogen (secondary N) is 1. The van der Waals surface area contributed by atoms with Crippen LogP contribution >= 0.6 is 11.6 Å². The highest BCUT2D eigenvalue weighted by molar-refractivity contribution is 7.86. The van der Waals surface area contributed by atoms with Crippen molar-refractivity contribution >= 4 is 33.6 Å². The van der Waals surface area contributed by atoms with E-state index in [0.717, 1.165) is 12.0 Å². The van der Waals surface area contributed by atoms with E-state index in [4.69, 9.17) is 16.9 Å². The molecule has 1 N–H and O–H groups in total. The first kappa shape index (κ1) is 24.9. The summed E-state index contributed by atoms with van der Waals surface area (Å²) in [7, 11) is -3.68. The first-order chi connectivity index (χ1) is 16.2. The molecule has 9 nitrogen and oxygen atoms in total. The van der Waals surface area contributed by atoms with Gasteiger partial charge in [0.25, 0.3) is 10.2 Å². The molecule has 184 valence electrons. The molecular weight excluding hydrogens is 478 g/mol. The van der Waals surface area contributed by atoms with Crippen LogP contribution in [0.15, 0.2) is 24.3 Å². The standard InChI is InChI=1S/C23H30ClN5O4S/c1-16(18-6-8-20(24)9-7-18)26-22(30)21-5-3-11-29(21)23(31)19-4-2-10-27(15-19)34(32,33)28-13-17(12-25)14-28/h6-9,16-17,19,21H,2-5,10-11,13-15H2,1H3,(H,26,30)/t16-,19-,21+/m0/s1. The highest BCUT2D eigenvalue weighted by Gasteiger charge is 2.44. The van der Waals surface area contributed by atoms with Crippen LogP contribution in [0.2, 0.25) is 5.02 Å². The van der Waals surface area contributed by atoms with Crippen LogP contribution in [0, 0.1) is 23.2 Å². The van der Waals surface area contributed by atoms with Crippen molar-refractivity contribution < 1.29 is 18.0 Å². The van der Waals surface area contributed by atoms with Crippen molar-refractivity contribution in [3.8, 4) is 6.07 Å². The predicted octanol–water partition coefficient (Wildman–Crippen LogP) is 1.92. The molecule has 0 saturated carbocycles. The number of carbonyl (C=O) groups excluding carboxylic acids is 2. The molecule has 0 spiro atoms. The molecule has 0 unspecified atom stereocenters. The van der Waals surface area contributed by atoms with Gasteiger partial charge in [0.2, 0.25) is 11.8 Å². The van der Waals surface area contributed by atoms with Crippen LogP contribution in [-0.2, 0) is 19.8 Å². The molecule has 0 radical (unpaired) electrons. The van der Waals surface area contributed by atoms with Crippen LogP contribution in [-0.4, -0.2) is 72.5 Å². The molecule has 34 heavy (non-hydrogen) atoms.